The van der Waals surface area contributed by atoms with Crippen LogP contribution in [0, 0.1) is 0 Å². The number of fused-ring (bicyclic) bond motifs is 1. The molecule has 0 aliphatic heterocycles. The van der Waals surface area contributed by atoms with Gasteiger partial charge in [-0.1, -0.05) is 0 Å². The van der Waals surface area contributed by atoms with Crippen LogP contribution in [0.5, 0.6) is 0 Å². The van der Waals surface area contributed by atoms with Gasteiger partial charge in [0.05, 0.1) is 17.3 Å². The van der Waals surface area contributed by atoms with E-state index in [9.17, 15) is 4.79 Å². The van der Waals surface area contributed by atoms with Crippen LogP contribution in [0.3, 0.4) is 0 Å². The van der Waals surface area contributed by atoms with Crippen LogP contribution >= 0.6 is 0 Å². The zero-order valence-corrected chi connectivity index (χ0v) is 8.92. The molecule has 0 bridgehead atoms. The smallest absolute Gasteiger partial charge is 0.153 e. The van der Waals surface area contributed by atoms with Gasteiger partial charge in [-0.25, -0.2) is 9.94 Å². The largest absolute Gasteiger partial charge is 0.298 e. The molecular formula is C10H13N5O. The standard InChI is InChI=1S/C10H13N5O/c1-14(11)12-5-8-2-3-15-10(4-8)9(7-16)6-13-15/h2-4,6-7,12H,5,11H2,1H3. The summed E-state index contributed by atoms with van der Waals surface area (Å²) >= 11 is 0. The molecule has 0 aliphatic rings. The molecule has 0 saturated heterocycles. The minimum atomic E-state index is 0.586. The fourth-order valence-electron chi connectivity index (χ4n) is 1.46. The lowest BCUT2D eigenvalue weighted by Crippen LogP contribution is -2.39. The normalized spacial score (nSPS) is 11.2. The molecule has 0 aromatic carbocycles. The number of nitrogens with zero attached hydrogens (tertiary/aromatic N) is 3. The number of hydrazine groups is 2. The topological polar surface area (TPSA) is 75.7 Å². The molecule has 0 atom stereocenters. The zero-order chi connectivity index (χ0) is 11.5. The Morgan fingerprint density at radius 3 is 3.19 bits per heavy atom. The Kier molecular flexibility index (Phi) is 2.95. The lowest BCUT2D eigenvalue weighted by atomic mass is 10.2. The summed E-state index contributed by atoms with van der Waals surface area (Å²) in [5.74, 6) is 5.44. The highest BCUT2D eigenvalue weighted by atomic mass is 16.1. The van der Waals surface area contributed by atoms with Crippen molar-refractivity contribution in [3.8, 4) is 0 Å². The van der Waals surface area contributed by atoms with Crippen molar-refractivity contribution in [1.82, 2.24) is 20.2 Å². The Morgan fingerprint density at radius 1 is 1.69 bits per heavy atom. The maximum absolute atomic E-state index is 10.8. The van der Waals surface area contributed by atoms with Crippen molar-refractivity contribution < 1.29 is 4.79 Å². The van der Waals surface area contributed by atoms with Crippen molar-refractivity contribution in [3.63, 3.8) is 0 Å². The van der Waals surface area contributed by atoms with Crippen molar-refractivity contribution in [3.05, 3.63) is 35.7 Å². The maximum atomic E-state index is 10.8. The predicted molar refractivity (Wildman–Crippen MR) is 59.4 cm³/mol. The molecule has 84 valence electrons. The molecule has 0 unspecified atom stereocenters. The number of nitrogens with two attached hydrogens (primary N) is 1. The summed E-state index contributed by atoms with van der Waals surface area (Å²) in [5, 5.41) is 5.45. The number of hydrogen-bond acceptors (Lipinski definition) is 5. The highest BCUT2D eigenvalue weighted by molar-refractivity contribution is 5.85. The van der Waals surface area contributed by atoms with E-state index in [1.54, 1.807) is 17.8 Å². The number of aldehydes is 1. The molecule has 3 N–H and O–H groups in total. The second-order valence-corrected chi connectivity index (χ2v) is 3.53. The van der Waals surface area contributed by atoms with E-state index in [1.165, 1.54) is 5.12 Å². The van der Waals surface area contributed by atoms with E-state index in [0.717, 1.165) is 17.4 Å². The quantitative estimate of drug-likeness (QED) is 0.428. The van der Waals surface area contributed by atoms with Crippen molar-refractivity contribution in [2.75, 3.05) is 7.05 Å². The molecule has 2 aromatic rings. The SMILES string of the molecule is CN(N)NCc1ccn2ncc(C=O)c2c1. The maximum Gasteiger partial charge on any atom is 0.153 e. The summed E-state index contributed by atoms with van der Waals surface area (Å²) in [7, 11) is 1.72. The summed E-state index contributed by atoms with van der Waals surface area (Å²) in [6, 6.07) is 3.83. The van der Waals surface area contributed by atoms with Crippen molar-refractivity contribution in [2.45, 2.75) is 6.54 Å². The molecule has 2 heterocycles. The average Bonchev–Trinajstić information content (AvgIpc) is 2.68. The van der Waals surface area contributed by atoms with Gasteiger partial charge in [-0.05, 0) is 17.7 Å². The van der Waals surface area contributed by atoms with Gasteiger partial charge in [-0.15, -0.1) is 0 Å². The van der Waals surface area contributed by atoms with Gasteiger partial charge in [0.25, 0.3) is 0 Å². The molecule has 6 nitrogen and oxygen atoms in total. The Labute approximate surface area is 92.6 Å². The zero-order valence-electron chi connectivity index (χ0n) is 8.92. The fourth-order valence-corrected chi connectivity index (χ4v) is 1.46. The molecule has 0 spiro atoms. The Bertz CT molecular complexity index is 505. The van der Waals surface area contributed by atoms with E-state index < -0.39 is 0 Å². The summed E-state index contributed by atoms with van der Waals surface area (Å²) < 4.78 is 1.67. The number of pyridine rings is 1. The van der Waals surface area contributed by atoms with Crippen LogP contribution in [0.15, 0.2) is 24.5 Å². The number of carbonyl (C=O) groups excluding carboxylic acids is 1. The second kappa shape index (κ2) is 4.40. The lowest BCUT2D eigenvalue weighted by molar-refractivity contribution is 0.112. The van der Waals surface area contributed by atoms with Gasteiger partial charge in [0, 0.05) is 19.8 Å². The van der Waals surface area contributed by atoms with Crippen LogP contribution in [0.2, 0.25) is 0 Å². The van der Waals surface area contributed by atoms with Crippen LogP contribution in [0.4, 0.5) is 0 Å². The van der Waals surface area contributed by atoms with E-state index in [2.05, 4.69) is 10.5 Å². The minimum absolute atomic E-state index is 0.586. The first-order valence-corrected chi connectivity index (χ1v) is 4.84. The molecule has 0 radical (unpaired) electrons. The van der Waals surface area contributed by atoms with E-state index >= 15 is 0 Å². The summed E-state index contributed by atoms with van der Waals surface area (Å²) in [6.45, 7) is 0.604. The first kappa shape index (κ1) is 10.7. The Hall–Kier alpha value is -1.76. The minimum Gasteiger partial charge on any atom is -0.298 e. The highest BCUT2D eigenvalue weighted by Crippen LogP contribution is 2.10. The van der Waals surface area contributed by atoms with Crippen molar-refractivity contribution in [2.24, 2.45) is 5.84 Å². The monoisotopic (exact) mass is 219 g/mol. The molecular weight excluding hydrogens is 206 g/mol. The number of hydrogen-bond donors (Lipinski definition) is 2. The van der Waals surface area contributed by atoms with Gasteiger partial charge in [-0.3, -0.25) is 10.6 Å². The number of nitrogens with one attached hydrogen (secondary N) is 1. The summed E-state index contributed by atoms with van der Waals surface area (Å²) in [6.07, 6.45) is 4.17. The second-order valence-electron chi connectivity index (χ2n) is 3.53. The molecule has 0 aliphatic carbocycles. The van der Waals surface area contributed by atoms with E-state index in [-0.39, 0.29) is 0 Å². The van der Waals surface area contributed by atoms with Crippen molar-refractivity contribution in [1.29, 1.82) is 0 Å². The van der Waals surface area contributed by atoms with Crippen LogP contribution in [-0.2, 0) is 6.54 Å². The van der Waals surface area contributed by atoms with Crippen LogP contribution in [-0.4, -0.2) is 28.1 Å². The van der Waals surface area contributed by atoms with Crippen LogP contribution in [0.25, 0.3) is 5.52 Å². The van der Waals surface area contributed by atoms with Crippen LogP contribution < -0.4 is 11.3 Å². The van der Waals surface area contributed by atoms with Gasteiger partial charge >= 0.3 is 0 Å². The van der Waals surface area contributed by atoms with Gasteiger partial charge in [0.2, 0.25) is 0 Å². The third kappa shape index (κ3) is 2.08. The molecule has 2 aromatic heterocycles. The number of carbonyl (C=O) groups is 1. The van der Waals surface area contributed by atoms with Crippen molar-refractivity contribution >= 4 is 11.8 Å². The molecule has 6 heteroatoms. The molecule has 0 fully saturated rings. The molecule has 2 rings (SSSR count). The third-order valence-electron chi connectivity index (χ3n) is 2.28. The van der Waals surface area contributed by atoms with Gasteiger partial charge in [-0.2, -0.15) is 10.2 Å². The Balaban J connectivity index is 2.30. The Morgan fingerprint density at radius 2 is 2.50 bits per heavy atom. The van der Waals surface area contributed by atoms with Gasteiger partial charge in [0.15, 0.2) is 6.29 Å². The number of rotatable bonds is 4. The van der Waals surface area contributed by atoms with Gasteiger partial charge < -0.3 is 0 Å². The first-order valence-electron chi connectivity index (χ1n) is 4.84. The molecule has 0 saturated carbocycles. The van der Waals surface area contributed by atoms with E-state index in [1.807, 2.05) is 18.3 Å². The first-order chi connectivity index (χ1) is 7.70. The summed E-state index contributed by atoms with van der Waals surface area (Å²) in [5.41, 5.74) is 5.37. The van der Waals surface area contributed by atoms with E-state index in [0.29, 0.717) is 12.1 Å². The van der Waals surface area contributed by atoms with Crippen LogP contribution in [0.1, 0.15) is 15.9 Å². The fraction of sp³-hybridized carbons (Fsp3) is 0.200. The van der Waals surface area contributed by atoms with E-state index in [4.69, 9.17) is 5.84 Å². The summed E-state index contributed by atoms with van der Waals surface area (Å²) in [4.78, 5) is 10.8. The van der Waals surface area contributed by atoms with Gasteiger partial charge in [0.1, 0.15) is 0 Å². The lowest BCUT2D eigenvalue weighted by Gasteiger charge is -2.11. The molecule has 16 heavy (non-hydrogen) atoms. The third-order valence-corrected chi connectivity index (χ3v) is 2.28. The highest BCUT2D eigenvalue weighted by Gasteiger charge is 2.03. The predicted octanol–water partition coefficient (Wildman–Crippen LogP) is -0.0431. The molecule has 0 amide bonds. The number of aromatic nitrogens is 2. The average molecular weight is 219 g/mol.